The van der Waals surface area contributed by atoms with Crippen LogP contribution in [0.2, 0.25) is 0 Å². The van der Waals surface area contributed by atoms with Gasteiger partial charge in [0.05, 0.1) is 30.2 Å². The molecule has 0 radical (unpaired) electrons. The molecule has 2 aromatic rings. The van der Waals surface area contributed by atoms with Crippen LogP contribution in [-0.2, 0) is 26.0 Å². The lowest BCUT2D eigenvalue weighted by Crippen LogP contribution is -2.50. The summed E-state index contributed by atoms with van der Waals surface area (Å²) in [7, 11) is -3.81. The number of rotatable bonds is 6. The van der Waals surface area contributed by atoms with Gasteiger partial charge in [0.25, 0.3) is 10.0 Å². The summed E-state index contributed by atoms with van der Waals surface area (Å²) in [5, 5.41) is 4.03. The molecule has 168 valence electrons. The first-order valence-electron chi connectivity index (χ1n) is 10.6. The van der Waals surface area contributed by atoms with Crippen molar-refractivity contribution in [1.29, 1.82) is 0 Å². The van der Waals surface area contributed by atoms with E-state index in [4.69, 9.17) is 4.74 Å². The van der Waals surface area contributed by atoms with E-state index in [2.05, 4.69) is 11.9 Å². The number of morpholine rings is 1. The number of anilines is 1. The Morgan fingerprint density at radius 3 is 2.52 bits per heavy atom. The van der Waals surface area contributed by atoms with Crippen LogP contribution in [0.25, 0.3) is 0 Å². The summed E-state index contributed by atoms with van der Waals surface area (Å²) < 4.78 is 33.8. The lowest BCUT2D eigenvalue weighted by atomic mass is 10.0. The first-order chi connectivity index (χ1) is 14.9. The maximum Gasteiger partial charge on any atom is 0.280 e. The lowest BCUT2D eigenvalue weighted by Gasteiger charge is -2.37. The molecule has 0 unspecified atom stereocenters. The van der Waals surface area contributed by atoms with Gasteiger partial charge in [-0.25, -0.2) is 9.99 Å². The van der Waals surface area contributed by atoms with Gasteiger partial charge in [-0.05, 0) is 30.9 Å². The van der Waals surface area contributed by atoms with Gasteiger partial charge in [-0.1, -0.05) is 25.1 Å². The molecule has 1 aromatic heterocycles. The molecule has 31 heavy (non-hydrogen) atoms. The third kappa shape index (κ3) is 5.08. The number of ether oxygens (including phenoxy) is 1. The van der Waals surface area contributed by atoms with E-state index in [0.29, 0.717) is 56.1 Å². The van der Waals surface area contributed by atoms with E-state index in [1.807, 2.05) is 5.01 Å². The minimum atomic E-state index is -3.81. The van der Waals surface area contributed by atoms with Crippen molar-refractivity contribution in [2.24, 2.45) is 5.92 Å². The number of hydrogen-bond acceptors (Lipinski definition) is 7. The first kappa shape index (κ1) is 22.2. The molecule has 2 fully saturated rings. The van der Waals surface area contributed by atoms with Gasteiger partial charge >= 0.3 is 0 Å². The van der Waals surface area contributed by atoms with Gasteiger partial charge in [-0.15, -0.1) is 11.3 Å². The molecule has 0 aliphatic carbocycles. The fourth-order valence-corrected chi connectivity index (χ4v) is 6.38. The van der Waals surface area contributed by atoms with E-state index >= 15 is 0 Å². The Morgan fingerprint density at radius 2 is 1.84 bits per heavy atom. The zero-order chi connectivity index (χ0) is 21.8. The summed E-state index contributed by atoms with van der Waals surface area (Å²) >= 11 is 1.26. The first-order valence-corrected chi connectivity index (χ1v) is 12.9. The number of aromatic nitrogens is 1. The minimum Gasteiger partial charge on any atom is -0.378 e. The number of hydrazine groups is 1. The van der Waals surface area contributed by atoms with Crippen LogP contribution in [0.15, 0.2) is 40.6 Å². The topological polar surface area (TPSA) is 83.0 Å². The van der Waals surface area contributed by atoms with Gasteiger partial charge < -0.3 is 9.64 Å². The van der Waals surface area contributed by atoms with Gasteiger partial charge in [0.1, 0.15) is 0 Å². The average molecular weight is 465 g/mol. The molecule has 3 heterocycles. The second-order valence-electron chi connectivity index (χ2n) is 7.99. The molecular weight excluding hydrogens is 436 g/mol. The van der Waals surface area contributed by atoms with Crippen molar-refractivity contribution in [1.82, 2.24) is 14.9 Å². The van der Waals surface area contributed by atoms with Crippen LogP contribution in [0, 0.1) is 5.92 Å². The third-order valence-corrected chi connectivity index (χ3v) is 8.39. The van der Waals surface area contributed by atoms with Crippen LogP contribution >= 0.6 is 11.3 Å². The summed E-state index contributed by atoms with van der Waals surface area (Å²) in [6, 6.07) is 8.44. The van der Waals surface area contributed by atoms with E-state index in [0.717, 1.165) is 12.8 Å². The number of hydrogen-bond donors (Lipinski definition) is 0. The van der Waals surface area contributed by atoms with Crippen molar-refractivity contribution in [2.75, 3.05) is 43.8 Å². The maximum absolute atomic E-state index is 13.6. The highest BCUT2D eigenvalue weighted by molar-refractivity contribution is 7.93. The molecule has 0 saturated carbocycles. The van der Waals surface area contributed by atoms with Crippen LogP contribution in [0.3, 0.4) is 0 Å². The van der Waals surface area contributed by atoms with Crippen LogP contribution in [-0.4, -0.2) is 68.6 Å². The van der Waals surface area contributed by atoms with Gasteiger partial charge in [-0.3, -0.25) is 4.79 Å². The summed E-state index contributed by atoms with van der Waals surface area (Å²) in [6.07, 6.45) is 2.01. The molecule has 10 heteroatoms. The van der Waals surface area contributed by atoms with Crippen molar-refractivity contribution in [3.8, 4) is 0 Å². The van der Waals surface area contributed by atoms with Crippen molar-refractivity contribution >= 4 is 32.4 Å². The summed E-state index contributed by atoms with van der Waals surface area (Å²) in [4.78, 5) is 19.2. The second kappa shape index (κ2) is 9.64. The zero-order valence-electron chi connectivity index (χ0n) is 17.6. The average Bonchev–Trinajstić information content (AvgIpc) is 3.24. The minimum absolute atomic E-state index is 0.00980. The number of piperidine rings is 1. The van der Waals surface area contributed by atoms with E-state index in [1.165, 1.54) is 15.8 Å². The summed E-state index contributed by atoms with van der Waals surface area (Å²) in [5.74, 6) is 0.556. The van der Waals surface area contributed by atoms with E-state index in [1.54, 1.807) is 40.6 Å². The standard InChI is InChI=1S/C21H28N4O4S2/c1-17-7-9-24(10-8-17)25(31(27,28)19-5-3-2-4-6-19)21-22-18(16-30-21)15-20(26)23-11-13-29-14-12-23/h2-6,16-17H,7-15H2,1H3. The van der Waals surface area contributed by atoms with Crippen LogP contribution in [0.4, 0.5) is 5.13 Å². The quantitative estimate of drug-likeness (QED) is 0.653. The van der Waals surface area contributed by atoms with Gasteiger partial charge in [-0.2, -0.15) is 12.8 Å². The third-order valence-electron chi connectivity index (χ3n) is 5.69. The normalized spacial score (nSPS) is 18.8. The second-order valence-corrected chi connectivity index (χ2v) is 10.6. The number of benzene rings is 1. The highest BCUT2D eigenvalue weighted by Crippen LogP contribution is 2.31. The van der Waals surface area contributed by atoms with Crippen LogP contribution in [0.1, 0.15) is 25.5 Å². The highest BCUT2D eigenvalue weighted by Gasteiger charge is 2.34. The van der Waals surface area contributed by atoms with E-state index < -0.39 is 10.0 Å². The Balaban J connectivity index is 1.59. The SMILES string of the molecule is CC1CCN(N(c2nc(CC(=O)N3CCOCC3)cs2)S(=O)(=O)c2ccccc2)CC1. The molecule has 1 amide bonds. The van der Waals surface area contributed by atoms with E-state index in [-0.39, 0.29) is 17.2 Å². The Bertz CT molecular complexity index is 982. The Labute approximate surface area is 187 Å². The number of thiazole rings is 1. The molecular formula is C21H28N4O4S2. The molecule has 0 N–H and O–H groups in total. The van der Waals surface area contributed by atoms with Crippen molar-refractivity contribution in [2.45, 2.75) is 31.1 Å². The summed E-state index contributed by atoms with van der Waals surface area (Å²) in [6.45, 7) is 5.73. The molecule has 8 nitrogen and oxygen atoms in total. The zero-order valence-corrected chi connectivity index (χ0v) is 19.3. The van der Waals surface area contributed by atoms with Crippen LogP contribution < -0.4 is 4.41 Å². The van der Waals surface area contributed by atoms with Crippen LogP contribution in [0.5, 0.6) is 0 Å². The smallest absolute Gasteiger partial charge is 0.280 e. The molecule has 0 atom stereocenters. The lowest BCUT2D eigenvalue weighted by molar-refractivity contribution is -0.134. The monoisotopic (exact) mass is 464 g/mol. The molecule has 0 spiro atoms. The fraction of sp³-hybridized carbons (Fsp3) is 0.524. The Kier molecular flexibility index (Phi) is 6.90. The Morgan fingerprint density at radius 1 is 1.16 bits per heavy atom. The fourth-order valence-electron chi connectivity index (χ4n) is 3.79. The van der Waals surface area contributed by atoms with Gasteiger partial charge in [0.15, 0.2) is 0 Å². The van der Waals surface area contributed by atoms with Crippen molar-refractivity contribution < 1.29 is 17.9 Å². The molecule has 2 saturated heterocycles. The number of amides is 1. The molecule has 2 aliphatic heterocycles. The predicted molar refractivity (Wildman–Crippen MR) is 119 cm³/mol. The molecule has 1 aromatic carbocycles. The predicted octanol–water partition coefficient (Wildman–Crippen LogP) is 2.39. The Hall–Kier alpha value is -2.01. The summed E-state index contributed by atoms with van der Waals surface area (Å²) in [5.41, 5.74) is 0.593. The van der Waals surface area contributed by atoms with E-state index in [9.17, 15) is 13.2 Å². The molecule has 0 bridgehead atoms. The number of sulfonamides is 1. The highest BCUT2D eigenvalue weighted by atomic mass is 32.2. The molecule has 4 rings (SSSR count). The van der Waals surface area contributed by atoms with Gasteiger partial charge in [0.2, 0.25) is 11.0 Å². The number of carbonyl (C=O) groups is 1. The van der Waals surface area contributed by atoms with Crippen molar-refractivity contribution in [3.05, 3.63) is 41.4 Å². The largest absolute Gasteiger partial charge is 0.378 e. The van der Waals surface area contributed by atoms with Crippen molar-refractivity contribution in [3.63, 3.8) is 0 Å². The number of carbonyl (C=O) groups excluding carboxylic acids is 1. The number of nitrogens with zero attached hydrogens (tertiary/aromatic N) is 4. The molecule has 2 aliphatic rings. The van der Waals surface area contributed by atoms with Gasteiger partial charge in [0, 0.05) is 31.6 Å². The maximum atomic E-state index is 13.6.